The summed E-state index contributed by atoms with van der Waals surface area (Å²) in [7, 11) is 0. The van der Waals surface area contributed by atoms with Gasteiger partial charge in [-0.05, 0) is 26.2 Å². The van der Waals surface area contributed by atoms with Crippen molar-refractivity contribution in [1.82, 2.24) is 5.32 Å². The fourth-order valence-corrected chi connectivity index (χ4v) is 2.49. The normalized spacial score (nSPS) is 46.2. The van der Waals surface area contributed by atoms with Crippen LogP contribution in [0.5, 0.6) is 0 Å². The van der Waals surface area contributed by atoms with Crippen LogP contribution in [0, 0.1) is 0 Å². The van der Waals surface area contributed by atoms with Crippen LogP contribution in [0.15, 0.2) is 0 Å². The van der Waals surface area contributed by atoms with Crippen molar-refractivity contribution in [2.45, 2.75) is 56.5 Å². The van der Waals surface area contributed by atoms with Crippen molar-refractivity contribution >= 4 is 0 Å². The molecule has 0 aromatic heterocycles. The molecule has 1 aliphatic carbocycles. The van der Waals surface area contributed by atoms with Crippen LogP contribution in [0.4, 0.5) is 0 Å². The van der Waals surface area contributed by atoms with E-state index in [-0.39, 0.29) is 18.2 Å². The minimum absolute atomic E-state index is 0.108. The van der Waals surface area contributed by atoms with Crippen LogP contribution in [0.1, 0.15) is 32.6 Å². The zero-order chi connectivity index (χ0) is 10.9. The van der Waals surface area contributed by atoms with E-state index >= 15 is 0 Å². The Kier molecular flexibility index (Phi) is 3.30. The molecule has 1 aliphatic heterocycles. The Hall–Kier alpha value is -0.160. The van der Waals surface area contributed by atoms with E-state index in [1.807, 2.05) is 6.92 Å². The maximum atomic E-state index is 10.2. The highest BCUT2D eigenvalue weighted by atomic mass is 16.5. The number of ether oxygens (including phenoxy) is 1. The minimum atomic E-state index is -0.748. The molecular formula is C11H21NO3. The van der Waals surface area contributed by atoms with E-state index in [0.717, 1.165) is 19.3 Å². The van der Waals surface area contributed by atoms with Gasteiger partial charge in [-0.2, -0.15) is 0 Å². The Balaban J connectivity index is 1.81. The smallest absolute Gasteiger partial charge is 0.105 e. The molecule has 1 saturated heterocycles. The van der Waals surface area contributed by atoms with E-state index in [0.29, 0.717) is 19.6 Å². The van der Waals surface area contributed by atoms with Crippen LogP contribution in [0.3, 0.4) is 0 Å². The van der Waals surface area contributed by atoms with Gasteiger partial charge in [0.25, 0.3) is 0 Å². The summed E-state index contributed by atoms with van der Waals surface area (Å²) in [5.41, 5.74) is -0.748. The molecule has 4 heteroatoms. The first-order valence-corrected chi connectivity index (χ1v) is 5.87. The maximum absolute atomic E-state index is 10.2. The van der Waals surface area contributed by atoms with E-state index in [2.05, 4.69) is 5.32 Å². The van der Waals surface area contributed by atoms with Gasteiger partial charge in [0.2, 0.25) is 0 Å². The second-order valence-corrected chi connectivity index (χ2v) is 4.85. The lowest BCUT2D eigenvalue weighted by atomic mass is 9.96. The van der Waals surface area contributed by atoms with Gasteiger partial charge in [0.1, 0.15) is 5.60 Å². The van der Waals surface area contributed by atoms with E-state index in [4.69, 9.17) is 4.74 Å². The van der Waals surface area contributed by atoms with Gasteiger partial charge in [-0.15, -0.1) is 0 Å². The Labute approximate surface area is 90.6 Å². The lowest BCUT2D eigenvalue weighted by Gasteiger charge is -2.28. The molecule has 4 unspecified atom stereocenters. The highest BCUT2D eigenvalue weighted by Crippen LogP contribution is 2.26. The molecule has 4 nitrogen and oxygen atoms in total. The van der Waals surface area contributed by atoms with Crippen LogP contribution in [0.2, 0.25) is 0 Å². The standard InChI is InChI=1S/C11H21NO3/c1-8-11(14,5-6-15-8)7-12-9-3-2-4-10(9)13/h8-10,12-14H,2-7H2,1H3. The summed E-state index contributed by atoms with van der Waals surface area (Å²) >= 11 is 0. The number of hydrogen-bond donors (Lipinski definition) is 3. The molecule has 2 fully saturated rings. The van der Waals surface area contributed by atoms with E-state index in [1.165, 1.54) is 0 Å². The summed E-state index contributed by atoms with van der Waals surface area (Å²) < 4.78 is 5.36. The zero-order valence-corrected chi connectivity index (χ0v) is 9.28. The van der Waals surface area contributed by atoms with Crippen molar-refractivity contribution in [3.63, 3.8) is 0 Å². The number of aliphatic hydroxyl groups is 2. The van der Waals surface area contributed by atoms with E-state index < -0.39 is 5.60 Å². The van der Waals surface area contributed by atoms with Gasteiger partial charge >= 0.3 is 0 Å². The number of aliphatic hydroxyl groups excluding tert-OH is 1. The van der Waals surface area contributed by atoms with Crippen molar-refractivity contribution in [2.24, 2.45) is 0 Å². The molecule has 2 rings (SSSR count). The second kappa shape index (κ2) is 4.37. The average Bonchev–Trinajstić information content (AvgIpc) is 2.73. The van der Waals surface area contributed by atoms with Crippen LogP contribution < -0.4 is 5.32 Å². The molecule has 88 valence electrons. The molecule has 0 amide bonds. The van der Waals surface area contributed by atoms with Gasteiger partial charge in [0.05, 0.1) is 12.2 Å². The zero-order valence-electron chi connectivity index (χ0n) is 9.28. The third-order valence-corrected chi connectivity index (χ3v) is 3.81. The molecule has 15 heavy (non-hydrogen) atoms. The highest BCUT2D eigenvalue weighted by Gasteiger charge is 2.40. The van der Waals surface area contributed by atoms with Crippen LogP contribution >= 0.6 is 0 Å². The fourth-order valence-electron chi connectivity index (χ4n) is 2.49. The maximum Gasteiger partial charge on any atom is 0.105 e. The number of rotatable bonds is 3. The predicted molar refractivity (Wildman–Crippen MR) is 56.6 cm³/mol. The third-order valence-electron chi connectivity index (χ3n) is 3.81. The van der Waals surface area contributed by atoms with Crippen molar-refractivity contribution in [3.8, 4) is 0 Å². The van der Waals surface area contributed by atoms with E-state index in [9.17, 15) is 10.2 Å². The summed E-state index contributed by atoms with van der Waals surface area (Å²) in [6, 6.07) is 0.154. The first-order chi connectivity index (χ1) is 7.12. The summed E-state index contributed by atoms with van der Waals surface area (Å²) in [5, 5.41) is 23.1. The lowest BCUT2D eigenvalue weighted by Crippen LogP contribution is -2.50. The molecule has 0 bridgehead atoms. The summed E-state index contributed by atoms with van der Waals surface area (Å²) in [5.74, 6) is 0. The van der Waals surface area contributed by atoms with E-state index in [1.54, 1.807) is 0 Å². The van der Waals surface area contributed by atoms with Crippen molar-refractivity contribution in [2.75, 3.05) is 13.2 Å². The Morgan fingerprint density at radius 1 is 1.47 bits per heavy atom. The average molecular weight is 215 g/mol. The molecular weight excluding hydrogens is 194 g/mol. The van der Waals surface area contributed by atoms with Crippen LogP contribution in [-0.4, -0.2) is 47.2 Å². The summed E-state index contributed by atoms with van der Waals surface area (Å²) in [4.78, 5) is 0. The molecule has 2 aliphatic rings. The molecule has 1 heterocycles. The van der Waals surface area contributed by atoms with Crippen molar-refractivity contribution < 1.29 is 14.9 Å². The van der Waals surface area contributed by atoms with Gasteiger partial charge < -0.3 is 20.3 Å². The van der Waals surface area contributed by atoms with Crippen LogP contribution in [0.25, 0.3) is 0 Å². The molecule has 3 N–H and O–H groups in total. The van der Waals surface area contributed by atoms with Gasteiger partial charge in [-0.25, -0.2) is 0 Å². The summed E-state index contributed by atoms with van der Waals surface area (Å²) in [6.45, 7) is 3.06. The fraction of sp³-hybridized carbons (Fsp3) is 1.00. The number of hydrogen-bond acceptors (Lipinski definition) is 4. The minimum Gasteiger partial charge on any atom is -0.392 e. The Morgan fingerprint density at radius 2 is 2.27 bits per heavy atom. The lowest BCUT2D eigenvalue weighted by molar-refractivity contribution is -0.0297. The molecule has 0 spiro atoms. The highest BCUT2D eigenvalue weighted by molar-refractivity contribution is 4.94. The molecule has 0 aromatic carbocycles. The number of nitrogens with one attached hydrogen (secondary N) is 1. The molecule has 4 atom stereocenters. The predicted octanol–water partition coefficient (Wildman–Crippen LogP) is 0.0293. The second-order valence-electron chi connectivity index (χ2n) is 4.85. The quantitative estimate of drug-likeness (QED) is 0.621. The van der Waals surface area contributed by atoms with Gasteiger partial charge in [0.15, 0.2) is 0 Å². The van der Waals surface area contributed by atoms with Gasteiger partial charge in [0, 0.05) is 25.6 Å². The monoisotopic (exact) mass is 215 g/mol. The van der Waals surface area contributed by atoms with Crippen LogP contribution in [-0.2, 0) is 4.74 Å². The first kappa shape index (κ1) is 11.3. The van der Waals surface area contributed by atoms with Gasteiger partial charge in [-0.1, -0.05) is 0 Å². The topological polar surface area (TPSA) is 61.7 Å². The molecule has 0 radical (unpaired) electrons. The largest absolute Gasteiger partial charge is 0.392 e. The SMILES string of the molecule is CC1OCCC1(O)CNC1CCCC1O. The first-order valence-electron chi connectivity index (χ1n) is 5.87. The van der Waals surface area contributed by atoms with Gasteiger partial charge in [-0.3, -0.25) is 0 Å². The third kappa shape index (κ3) is 2.33. The Morgan fingerprint density at radius 3 is 2.80 bits per heavy atom. The molecule has 0 aromatic rings. The van der Waals surface area contributed by atoms with Crippen molar-refractivity contribution in [3.05, 3.63) is 0 Å². The van der Waals surface area contributed by atoms with Crippen molar-refractivity contribution in [1.29, 1.82) is 0 Å². The molecule has 1 saturated carbocycles. The summed E-state index contributed by atoms with van der Waals surface area (Å²) in [6.07, 6.45) is 3.29. The Bertz CT molecular complexity index is 224.